The van der Waals surface area contributed by atoms with Gasteiger partial charge >= 0.3 is 5.76 Å². The molecule has 0 aliphatic heterocycles. The summed E-state index contributed by atoms with van der Waals surface area (Å²) in [6.07, 6.45) is 12.3. The number of benzene rings is 1. The topological polar surface area (TPSA) is 135 Å². The van der Waals surface area contributed by atoms with E-state index in [1.54, 1.807) is 0 Å². The van der Waals surface area contributed by atoms with Gasteiger partial charge in [0, 0.05) is 18.5 Å². The van der Waals surface area contributed by atoms with E-state index in [1.165, 1.54) is 19.3 Å². The molecule has 0 radical (unpaired) electrons. The number of aromatic amines is 1. The van der Waals surface area contributed by atoms with Crippen LogP contribution in [0.25, 0.3) is 22.8 Å². The summed E-state index contributed by atoms with van der Waals surface area (Å²) >= 11 is 0. The van der Waals surface area contributed by atoms with Crippen molar-refractivity contribution in [3.63, 3.8) is 0 Å². The molecular formula is C29H33N7O3. The fraction of sp³-hybridized carbons (Fsp3) is 0.483. The predicted molar refractivity (Wildman–Crippen MR) is 147 cm³/mol. The molecule has 39 heavy (non-hydrogen) atoms. The lowest BCUT2D eigenvalue weighted by Gasteiger charge is -2.32. The number of H-pyrrole nitrogens is 1. The highest BCUT2D eigenvalue weighted by atomic mass is 16.5. The van der Waals surface area contributed by atoms with Crippen molar-refractivity contribution in [1.82, 2.24) is 29.7 Å². The van der Waals surface area contributed by atoms with Crippen LogP contribution in [0, 0.1) is 30.1 Å². The van der Waals surface area contributed by atoms with Crippen LogP contribution < -0.4 is 11.1 Å². The van der Waals surface area contributed by atoms with E-state index in [-0.39, 0.29) is 17.7 Å². The number of aliphatic hydroxyl groups excluding tert-OH is 1. The Balaban J connectivity index is 1.48. The molecule has 2 aliphatic rings. The molecule has 2 atom stereocenters. The Bertz CT molecular complexity index is 1540. The SMILES string of the molecule is C#CC1CCC(Cn2c(C(O)c3ccccc3)nc3nc(-c4noc(=O)[nH]4)nc(NC(C)C4CCC4)c32)CC1. The van der Waals surface area contributed by atoms with Crippen LogP contribution in [0.3, 0.4) is 0 Å². The van der Waals surface area contributed by atoms with E-state index in [1.807, 2.05) is 30.3 Å². The maximum absolute atomic E-state index is 11.7. The van der Waals surface area contributed by atoms with Gasteiger partial charge in [-0.1, -0.05) is 41.9 Å². The van der Waals surface area contributed by atoms with E-state index in [0.717, 1.165) is 36.8 Å². The fourth-order valence-electron chi connectivity index (χ4n) is 5.81. The van der Waals surface area contributed by atoms with Gasteiger partial charge in [0.05, 0.1) is 0 Å². The van der Waals surface area contributed by atoms with Gasteiger partial charge in [0.15, 0.2) is 11.5 Å². The molecule has 10 nitrogen and oxygen atoms in total. The van der Waals surface area contributed by atoms with Crippen molar-refractivity contribution in [3.05, 3.63) is 52.3 Å². The van der Waals surface area contributed by atoms with Gasteiger partial charge in [-0.15, -0.1) is 12.3 Å². The Morgan fingerprint density at radius 3 is 2.56 bits per heavy atom. The molecule has 0 amide bonds. The smallest absolute Gasteiger partial charge is 0.380 e. The number of nitrogens with zero attached hydrogens (tertiary/aromatic N) is 5. The summed E-state index contributed by atoms with van der Waals surface area (Å²) in [6, 6.07) is 9.68. The molecular weight excluding hydrogens is 494 g/mol. The van der Waals surface area contributed by atoms with Crippen LogP contribution in [-0.2, 0) is 6.54 Å². The third-order valence-corrected chi connectivity index (χ3v) is 8.39. The van der Waals surface area contributed by atoms with Crippen molar-refractivity contribution in [2.24, 2.45) is 17.8 Å². The first-order chi connectivity index (χ1) is 19.0. The molecule has 0 saturated heterocycles. The van der Waals surface area contributed by atoms with Gasteiger partial charge in [-0.3, -0.25) is 9.51 Å². The number of anilines is 1. The maximum atomic E-state index is 11.7. The molecule has 2 saturated carbocycles. The van der Waals surface area contributed by atoms with Crippen molar-refractivity contribution in [2.45, 2.75) is 70.6 Å². The fourth-order valence-corrected chi connectivity index (χ4v) is 5.81. The normalized spacial score (nSPS) is 21.3. The number of fused-ring (bicyclic) bond motifs is 1. The first-order valence-electron chi connectivity index (χ1n) is 13.8. The number of terminal acetylenes is 1. The maximum Gasteiger partial charge on any atom is 0.439 e. The zero-order chi connectivity index (χ0) is 26.9. The largest absolute Gasteiger partial charge is 0.439 e. The number of aliphatic hydroxyl groups is 1. The second-order valence-electron chi connectivity index (χ2n) is 10.9. The van der Waals surface area contributed by atoms with Crippen molar-refractivity contribution in [1.29, 1.82) is 0 Å². The summed E-state index contributed by atoms with van der Waals surface area (Å²) in [5.74, 6) is 4.95. The zero-order valence-corrected chi connectivity index (χ0v) is 22.0. The molecule has 6 rings (SSSR count). The minimum atomic E-state index is -0.949. The minimum absolute atomic E-state index is 0.133. The van der Waals surface area contributed by atoms with Gasteiger partial charge in [-0.05, 0) is 62.8 Å². The lowest BCUT2D eigenvalue weighted by atomic mass is 9.80. The van der Waals surface area contributed by atoms with Gasteiger partial charge in [0.1, 0.15) is 17.4 Å². The Morgan fingerprint density at radius 1 is 1.15 bits per heavy atom. The van der Waals surface area contributed by atoms with Gasteiger partial charge in [-0.2, -0.15) is 0 Å². The van der Waals surface area contributed by atoms with E-state index in [9.17, 15) is 9.90 Å². The summed E-state index contributed by atoms with van der Waals surface area (Å²) in [6.45, 7) is 2.83. The standard InChI is InChI=1S/C29H33N7O3/c1-3-18-12-14-19(15-13-18)16-36-22-24(30-17(2)20-10-7-11-20)31-26(27-34-29(38)39-35-27)32-25(22)33-28(36)23(37)21-8-5-4-6-9-21/h1,4-6,8-9,17-20,23,37H,7,10-16H2,2H3,(H,30,31,32)(H,34,35,38). The highest BCUT2D eigenvalue weighted by Gasteiger charge is 2.30. The molecule has 3 aromatic heterocycles. The molecule has 2 aliphatic carbocycles. The monoisotopic (exact) mass is 527 g/mol. The first-order valence-corrected chi connectivity index (χ1v) is 13.8. The molecule has 2 unspecified atom stereocenters. The molecule has 2 fully saturated rings. The number of aromatic nitrogens is 6. The molecule has 0 bridgehead atoms. The van der Waals surface area contributed by atoms with Crippen LogP contribution in [0.2, 0.25) is 0 Å². The molecule has 202 valence electrons. The third-order valence-electron chi connectivity index (χ3n) is 8.39. The lowest BCUT2D eigenvalue weighted by molar-refractivity contribution is 0.199. The van der Waals surface area contributed by atoms with E-state index in [2.05, 4.69) is 37.9 Å². The van der Waals surface area contributed by atoms with Crippen LogP contribution in [0.1, 0.15) is 69.4 Å². The minimum Gasteiger partial charge on any atom is -0.380 e. The van der Waals surface area contributed by atoms with Crippen LogP contribution >= 0.6 is 0 Å². The number of hydrogen-bond donors (Lipinski definition) is 3. The number of imidazole rings is 1. The molecule has 3 heterocycles. The highest BCUT2D eigenvalue weighted by Crippen LogP contribution is 2.36. The summed E-state index contributed by atoms with van der Waals surface area (Å²) in [5.41, 5.74) is 1.91. The Morgan fingerprint density at radius 2 is 1.92 bits per heavy atom. The summed E-state index contributed by atoms with van der Waals surface area (Å²) in [4.78, 5) is 28.6. The molecule has 10 heteroatoms. The number of hydrogen-bond acceptors (Lipinski definition) is 8. The molecule has 0 spiro atoms. The van der Waals surface area contributed by atoms with E-state index in [4.69, 9.17) is 20.9 Å². The zero-order valence-electron chi connectivity index (χ0n) is 22.0. The van der Waals surface area contributed by atoms with E-state index in [0.29, 0.717) is 41.6 Å². The quantitative estimate of drug-likeness (QED) is 0.289. The second-order valence-corrected chi connectivity index (χ2v) is 10.9. The molecule has 4 aromatic rings. The third kappa shape index (κ3) is 5.06. The number of rotatable bonds is 8. The van der Waals surface area contributed by atoms with Gasteiger partial charge in [-0.25, -0.2) is 19.7 Å². The van der Waals surface area contributed by atoms with Gasteiger partial charge in [0.2, 0.25) is 11.6 Å². The second kappa shape index (κ2) is 10.7. The van der Waals surface area contributed by atoms with Crippen molar-refractivity contribution < 1.29 is 9.63 Å². The van der Waals surface area contributed by atoms with E-state index < -0.39 is 11.9 Å². The van der Waals surface area contributed by atoms with Crippen molar-refractivity contribution >= 4 is 17.0 Å². The van der Waals surface area contributed by atoms with Crippen LogP contribution in [0.4, 0.5) is 5.82 Å². The molecule has 1 aromatic carbocycles. The van der Waals surface area contributed by atoms with Crippen molar-refractivity contribution in [3.8, 4) is 24.0 Å². The Labute approximate surface area is 226 Å². The average molecular weight is 528 g/mol. The Kier molecular flexibility index (Phi) is 6.92. The highest BCUT2D eigenvalue weighted by molar-refractivity contribution is 5.86. The lowest BCUT2D eigenvalue weighted by Crippen LogP contribution is -2.31. The average Bonchev–Trinajstić information content (AvgIpc) is 3.52. The molecule has 3 N–H and O–H groups in total. The van der Waals surface area contributed by atoms with Gasteiger partial charge < -0.3 is 15.0 Å². The van der Waals surface area contributed by atoms with Crippen molar-refractivity contribution in [2.75, 3.05) is 5.32 Å². The number of nitrogens with one attached hydrogen (secondary N) is 2. The van der Waals surface area contributed by atoms with Crippen LogP contribution in [0.5, 0.6) is 0 Å². The Hall–Kier alpha value is -3.97. The van der Waals surface area contributed by atoms with Crippen LogP contribution in [0.15, 0.2) is 39.6 Å². The summed E-state index contributed by atoms with van der Waals surface area (Å²) < 4.78 is 6.80. The van der Waals surface area contributed by atoms with E-state index >= 15 is 0 Å². The van der Waals surface area contributed by atoms with Gasteiger partial charge in [0.25, 0.3) is 0 Å². The first kappa shape index (κ1) is 25.3. The predicted octanol–water partition coefficient (Wildman–Crippen LogP) is 4.29. The summed E-state index contributed by atoms with van der Waals surface area (Å²) in [5, 5.41) is 18.9. The van der Waals surface area contributed by atoms with Crippen LogP contribution in [-0.4, -0.2) is 40.8 Å². The summed E-state index contributed by atoms with van der Waals surface area (Å²) in [7, 11) is 0.